The number of aliphatic hydroxyl groups is 1. The van der Waals surface area contributed by atoms with E-state index in [4.69, 9.17) is 5.11 Å². The second kappa shape index (κ2) is 4.89. The van der Waals surface area contributed by atoms with Gasteiger partial charge >= 0.3 is 0 Å². The van der Waals surface area contributed by atoms with Gasteiger partial charge in [-0.05, 0) is 18.9 Å². The fourth-order valence-corrected chi connectivity index (χ4v) is 1.63. The lowest BCUT2D eigenvalue weighted by molar-refractivity contribution is -0.385. The zero-order chi connectivity index (χ0) is 11.4. The van der Waals surface area contributed by atoms with Gasteiger partial charge in [-0.1, -0.05) is 19.1 Å². The number of rotatable bonds is 4. The maximum Gasteiger partial charge on any atom is 0.272 e. The maximum atomic E-state index is 10.8. The Morgan fingerprint density at radius 3 is 2.73 bits per heavy atom. The minimum atomic E-state index is -0.396. The molecule has 4 nitrogen and oxygen atoms in total. The molecule has 0 heterocycles. The highest BCUT2D eigenvalue weighted by Gasteiger charge is 2.18. The Labute approximate surface area is 88.7 Å². The van der Waals surface area contributed by atoms with E-state index in [1.54, 1.807) is 12.1 Å². The number of nitrogens with zero attached hydrogens (tertiary/aromatic N) is 1. The first kappa shape index (κ1) is 11.7. The number of nitro groups is 1. The smallest absolute Gasteiger partial charge is 0.272 e. The van der Waals surface area contributed by atoms with Crippen LogP contribution < -0.4 is 0 Å². The van der Waals surface area contributed by atoms with Crippen molar-refractivity contribution in [2.24, 2.45) is 0 Å². The Morgan fingerprint density at radius 2 is 2.27 bits per heavy atom. The van der Waals surface area contributed by atoms with E-state index in [0.717, 1.165) is 5.56 Å². The zero-order valence-corrected chi connectivity index (χ0v) is 8.64. The van der Waals surface area contributed by atoms with E-state index in [0.29, 0.717) is 12.0 Å². The third-order valence-electron chi connectivity index (χ3n) is 2.40. The van der Waals surface area contributed by atoms with Gasteiger partial charge in [-0.2, -0.15) is 0 Å². The van der Waals surface area contributed by atoms with Gasteiger partial charge in [0.1, 0.15) is 0 Å². The van der Waals surface area contributed by atoms with Crippen LogP contribution in [0.25, 0.3) is 0 Å². The fourth-order valence-electron chi connectivity index (χ4n) is 1.63. The van der Waals surface area contributed by atoms with E-state index < -0.39 is 4.92 Å². The molecule has 0 spiro atoms. The highest BCUT2D eigenvalue weighted by Crippen LogP contribution is 2.27. The maximum absolute atomic E-state index is 10.8. The topological polar surface area (TPSA) is 63.4 Å². The molecule has 1 unspecified atom stereocenters. The zero-order valence-electron chi connectivity index (χ0n) is 8.64. The standard InChI is InChI=1S/C11H14NO3/c1-3-9-10(8(2)7-13)5-4-6-11(9)12(14)15/h4-6,8,13H,2-3,7H2,1H3. The Hall–Kier alpha value is -1.42. The lowest BCUT2D eigenvalue weighted by atomic mass is 9.94. The SMILES string of the molecule is [CH2]C(CO)c1cccc([N+](=O)[O-])c1CC. The molecule has 1 aromatic rings. The van der Waals surface area contributed by atoms with Crippen molar-refractivity contribution in [3.05, 3.63) is 46.4 Å². The monoisotopic (exact) mass is 208 g/mol. The molecule has 1 aromatic carbocycles. The summed E-state index contributed by atoms with van der Waals surface area (Å²) < 4.78 is 0. The average molecular weight is 208 g/mol. The summed E-state index contributed by atoms with van der Waals surface area (Å²) >= 11 is 0. The molecule has 1 N–H and O–H groups in total. The first-order valence-electron chi connectivity index (χ1n) is 4.81. The number of hydrogen-bond acceptors (Lipinski definition) is 3. The molecule has 0 aliphatic carbocycles. The molecule has 15 heavy (non-hydrogen) atoms. The molecule has 0 amide bonds. The molecule has 0 fully saturated rings. The van der Waals surface area contributed by atoms with E-state index in [1.807, 2.05) is 6.92 Å². The highest BCUT2D eigenvalue weighted by molar-refractivity contribution is 5.47. The third-order valence-corrected chi connectivity index (χ3v) is 2.40. The Balaban J connectivity index is 3.28. The molecule has 4 heteroatoms. The summed E-state index contributed by atoms with van der Waals surface area (Å²) in [6.07, 6.45) is 0.568. The molecule has 1 rings (SSSR count). The first-order valence-corrected chi connectivity index (χ1v) is 4.81. The molecule has 1 radical (unpaired) electrons. The fraction of sp³-hybridized carbons (Fsp3) is 0.364. The quantitative estimate of drug-likeness (QED) is 0.608. The van der Waals surface area contributed by atoms with Crippen LogP contribution in [0.1, 0.15) is 24.0 Å². The molecule has 0 aliphatic rings. The summed E-state index contributed by atoms with van der Waals surface area (Å²) in [5.74, 6) is -0.306. The van der Waals surface area contributed by atoms with E-state index in [-0.39, 0.29) is 18.2 Å². The number of hydrogen-bond donors (Lipinski definition) is 1. The molecule has 0 saturated carbocycles. The first-order chi connectivity index (χ1) is 7.11. The van der Waals surface area contributed by atoms with Crippen molar-refractivity contribution >= 4 is 5.69 Å². The molecule has 0 aromatic heterocycles. The van der Waals surface area contributed by atoms with Gasteiger partial charge in [0.05, 0.1) is 4.92 Å². The van der Waals surface area contributed by atoms with Gasteiger partial charge in [0, 0.05) is 24.2 Å². The predicted molar refractivity (Wildman–Crippen MR) is 57.7 cm³/mol. The van der Waals surface area contributed by atoms with Gasteiger partial charge in [-0.3, -0.25) is 10.1 Å². The molecular weight excluding hydrogens is 194 g/mol. The summed E-state index contributed by atoms with van der Waals surface area (Å²) in [7, 11) is 0. The van der Waals surface area contributed by atoms with E-state index >= 15 is 0 Å². The van der Waals surface area contributed by atoms with Gasteiger partial charge in [0.2, 0.25) is 0 Å². The van der Waals surface area contributed by atoms with Crippen LogP contribution in [-0.2, 0) is 6.42 Å². The summed E-state index contributed by atoms with van der Waals surface area (Å²) in [6.45, 7) is 5.52. The Morgan fingerprint density at radius 1 is 1.60 bits per heavy atom. The van der Waals surface area contributed by atoms with Crippen molar-refractivity contribution in [3.63, 3.8) is 0 Å². The molecule has 1 atom stereocenters. The molecule has 0 bridgehead atoms. The van der Waals surface area contributed by atoms with Crippen LogP contribution >= 0.6 is 0 Å². The lowest BCUT2D eigenvalue weighted by Crippen LogP contribution is -2.05. The van der Waals surface area contributed by atoms with Crippen molar-refractivity contribution in [2.75, 3.05) is 6.61 Å². The van der Waals surface area contributed by atoms with Crippen molar-refractivity contribution in [1.29, 1.82) is 0 Å². The molecular formula is C11H14NO3. The summed E-state index contributed by atoms with van der Waals surface area (Å²) in [5, 5.41) is 19.8. The molecule has 81 valence electrons. The van der Waals surface area contributed by atoms with Gasteiger partial charge in [0.25, 0.3) is 5.69 Å². The predicted octanol–water partition coefficient (Wildman–Crippen LogP) is 2.07. The molecule has 0 aliphatic heterocycles. The van der Waals surface area contributed by atoms with Crippen LogP contribution in [0, 0.1) is 17.0 Å². The van der Waals surface area contributed by atoms with Crippen molar-refractivity contribution in [1.82, 2.24) is 0 Å². The van der Waals surface area contributed by atoms with Crippen LogP contribution in [0.4, 0.5) is 5.69 Å². The van der Waals surface area contributed by atoms with Crippen LogP contribution in [0.3, 0.4) is 0 Å². The van der Waals surface area contributed by atoms with Gasteiger partial charge < -0.3 is 5.11 Å². The number of benzene rings is 1. The van der Waals surface area contributed by atoms with Crippen molar-refractivity contribution in [2.45, 2.75) is 19.3 Å². The van der Waals surface area contributed by atoms with Crippen LogP contribution in [-0.4, -0.2) is 16.6 Å². The summed E-state index contributed by atoms with van der Waals surface area (Å²) in [6, 6.07) is 4.88. The number of aliphatic hydroxyl groups excluding tert-OH is 1. The Kier molecular flexibility index (Phi) is 3.80. The van der Waals surface area contributed by atoms with Crippen molar-refractivity contribution in [3.8, 4) is 0 Å². The minimum absolute atomic E-state index is 0.103. The molecule has 0 saturated heterocycles. The second-order valence-electron chi connectivity index (χ2n) is 3.34. The van der Waals surface area contributed by atoms with Crippen molar-refractivity contribution < 1.29 is 10.0 Å². The minimum Gasteiger partial charge on any atom is -0.396 e. The highest BCUT2D eigenvalue weighted by atomic mass is 16.6. The van der Waals surface area contributed by atoms with E-state index in [2.05, 4.69) is 6.92 Å². The van der Waals surface area contributed by atoms with Gasteiger partial charge in [-0.25, -0.2) is 0 Å². The normalized spacial score (nSPS) is 12.5. The second-order valence-corrected chi connectivity index (χ2v) is 3.34. The van der Waals surface area contributed by atoms with E-state index in [1.165, 1.54) is 6.07 Å². The Bertz CT molecular complexity index is 363. The van der Waals surface area contributed by atoms with Crippen LogP contribution in [0.5, 0.6) is 0 Å². The largest absolute Gasteiger partial charge is 0.396 e. The average Bonchev–Trinajstić information content (AvgIpc) is 2.26. The third kappa shape index (κ3) is 2.33. The summed E-state index contributed by atoms with van der Waals surface area (Å²) in [5.41, 5.74) is 1.53. The van der Waals surface area contributed by atoms with Crippen LogP contribution in [0.2, 0.25) is 0 Å². The lowest BCUT2D eigenvalue weighted by Gasteiger charge is -2.12. The van der Waals surface area contributed by atoms with Crippen LogP contribution in [0.15, 0.2) is 18.2 Å². The number of nitro benzene ring substituents is 1. The van der Waals surface area contributed by atoms with E-state index in [9.17, 15) is 10.1 Å². The van der Waals surface area contributed by atoms with Gasteiger partial charge in [0.15, 0.2) is 0 Å². The van der Waals surface area contributed by atoms with Gasteiger partial charge in [-0.15, -0.1) is 0 Å². The summed E-state index contributed by atoms with van der Waals surface area (Å²) in [4.78, 5) is 10.4.